The average Bonchev–Trinajstić information content (AvgIpc) is 4.04. The van der Waals surface area contributed by atoms with Gasteiger partial charge in [-0.1, -0.05) is 115 Å². The van der Waals surface area contributed by atoms with Gasteiger partial charge in [-0.2, -0.15) is 0 Å². The molecule has 5 aromatic heterocycles. The fourth-order valence-corrected chi connectivity index (χ4v) is 9.14. The number of furan rings is 2. The summed E-state index contributed by atoms with van der Waals surface area (Å²) in [4.78, 5) is 10.7. The first-order valence-corrected chi connectivity index (χ1v) is 19.5. The number of nitrogens with zero attached hydrogens (tertiary/aromatic N) is 4. The van der Waals surface area contributed by atoms with Gasteiger partial charge in [0.2, 0.25) is 5.95 Å². The molecule has 0 N–H and O–H groups in total. The SMILES string of the molecule is c1ccc(-c2nc(-n3c4ccccc4c4cc(-c5ccc6c(c5)c5ccccc5n6-c5ccccc5)ccc43)nc3c2oc2c3ccc3c4ccccc4oc32)cc1. The molecule has 0 radical (unpaired) electrons. The standard InChI is InChI=1S/C52H30N4O2/c1-3-13-31(14-4-1)47-51-48(39-26-25-38-37-19-9-12-22-46(37)57-49(38)50(39)58-51)54-52(53-47)56-43-21-11-8-18-36(43)41-30-33(24-28-45(41)56)32-23-27-44-40(29-32)35-17-7-10-20-42(35)55(44)34-15-5-2-6-16-34/h1-30H. The van der Waals surface area contributed by atoms with Crippen LogP contribution in [0.5, 0.6) is 0 Å². The molecule has 0 aliphatic rings. The van der Waals surface area contributed by atoms with Crippen LogP contribution < -0.4 is 0 Å². The van der Waals surface area contributed by atoms with Gasteiger partial charge >= 0.3 is 0 Å². The van der Waals surface area contributed by atoms with Crippen molar-refractivity contribution < 1.29 is 8.83 Å². The van der Waals surface area contributed by atoms with Gasteiger partial charge < -0.3 is 13.4 Å². The minimum Gasteiger partial charge on any atom is -0.452 e. The van der Waals surface area contributed by atoms with Crippen LogP contribution in [0.4, 0.5) is 0 Å². The molecule has 8 aromatic carbocycles. The first-order valence-electron chi connectivity index (χ1n) is 19.5. The zero-order chi connectivity index (χ0) is 37.9. The zero-order valence-electron chi connectivity index (χ0n) is 30.9. The monoisotopic (exact) mass is 742 g/mol. The molecule has 0 bridgehead atoms. The van der Waals surface area contributed by atoms with E-state index in [4.69, 9.17) is 18.8 Å². The minimum atomic E-state index is 0.577. The van der Waals surface area contributed by atoms with Gasteiger partial charge in [0.15, 0.2) is 16.7 Å². The van der Waals surface area contributed by atoms with Crippen LogP contribution in [0.2, 0.25) is 0 Å². The molecule has 0 saturated heterocycles. The molecule has 13 aromatic rings. The maximum atomic E-state index is 6.75. The van der Waals surface area contributed by atoms with Gasteiger partial charge in [-0.05, 0) is 77.9 Å². The highest BCUT2D eigenvalue weighted by atomic mass is 16.4. The molecular formula is C52H30N4O2. The average molecular weight is 743 g/mol. The lowest BCUT2D eigenvalue weighted by Crippen LogP contribution is -2.02. The predicted molar refractivity (Wildman–Crippen MR) is 236 cm³/mol. The second-order valence-electron chi connectivity index (χ2n) is 14.9. The number of hydrogen-bond acceptors (Lipinski definition) is 4. The van der Waals surface area contributed by atoms with Crippen LogP contribution in [0.15, 0.2) is 191 Å². The molecule has 0 atom stereocenters. The summed E-state index contributed by atoms with van der Waals surface area (Å²) in [5, 5.41) is 7.67. The first-order chi connectivity index (χ1) is 28.8. The van der Waals surface area contributed by atoms with Gasteiger partial charge in [-0.15, -0.1) is 0 Å². The lowest BCUT2D eigenvalue weighted by Gasteiger charge is -2.10. The van der Waals surface area contributed by atoms with Crippen LogP contribution in [0.3, 0.4) is 0 Å². The first kappa shape index (κ1) is 31.3. The molecule has 5 heterocycles. The Morgan fingerprint density at radius 2 is 0.897 bits per heavy atom. The predicted octanol–water partition coefficient (Wildman–Crippen LogP) is 13.8. The Labute approximate surface area is 330 Å². The van der Waals surface area contributed by atoms with Crippen LogP contribution in [0, 0.1) is 0 Å². The molecule has 58 heavy (non-hydrogen) atoms. The van der Waals surface area contributed by atoms with Crippen molar-refractivity contribution in [1.82, 2.24) is 19.1 Å². The van der Waals surface area contributed by atoms with E-state index in [-0.39, 0.29) is 0 Å². The van der Waals surface area contributed by atoms with Crippen LogP contribution in [-0.4, -0.2) is 19.1 Å². The maximum absolute atomic E-state index is 6.75. The quantitative estimate of drug-likeness (QED) is 0.180. The number of hydrogen-bond donors (Lipinski definition) is 0. The highest BCUT2D eigenvalue weighted by Crippen LogP contribution is 2.42. The lowest BCUT2D eigenvalue weighted by atomic mass is 10.0. The molecule has 0 amide bonds. The Kier molecular flexibility index (Phi) is 6.35. The summed E-state index contributed by atoms with van der Waals surface area (Å²) in [5.41, 5.74) is 13.1. The van der Waals surface area contributed by atoms with E-state index >= 15 is 0 Å². The van der Waals surface area contributed by atoms with E-state index in [0.29, 0.717) is 22.7 Å². The molecule has 6 heteroatoms. The van der Waals surface area contributed by atoms with E-state index in [9.17, 15) is 0 Å². The minimum absolute atomic E-state index is 0.577. The summed E-state index contributed by atoms with van der Waals surface area (Å²) in [6.45, 7) is 0. The second kappa shape index (κ2) is 11.8. The molecular weight excluding hydrogens is 713 g/mol. The summed E-state index contributed by atoms with van der Waals surface area (Å²) in [6, 6.07) is 63.9. The molecule has 0 unspecified atom stereocenters. The van der Waals surface area contributed by atoms with Crippen LogP contribution >= 0.6 is 0 Å². The van der Waals surface area contributed by atoms with Crippen molar-refractivity contribution in [3.05, 3.63) is 182 Å². The normalized spacial score (nSPS) is 12.1. The van der Waals surface area contributed by atoms with E-state index in [1.54, 1.807) is 0 Å². The smallest absolute Gasteiger partial charge is 0.236 e. The van der Waals surface area contributed by atoms with Crippen LogP contribution in [0.25, 0.3) is 122 Å². The maximum Gasteiger partial charge on any atom is 0.236 e. The Morgan fingerprint density at radius 1 is 0.345 bits per heavy atom. The topological polar surface area (TPSA) is 61.9 Å². The van der Waals surface area contributed by atoms with E-state index in [1.807, 2.05) is 36.4 Å². The van der Waals surface area contributed by atoms with E-state index in [1.165, 1.54) is 21.8 Å². The fourth-order valence-electron chi connectivity index (χ4n) is 9.14. The van der Waals surface area contributed by atoms with Gasteiger partial charge in [0, 0.05) is 43.6 Å². The number of benzene rings is 8. The second-order valence-corrected chi connectivity index (χ2v) is 14.9. The van der Waals surface area contributed by atoms with Crippen molar-refractivity contribution in [2.75, 3.05) is 0 Å². The molecule has 0 spiro atoms. The van der Waals surface area contributed by atoms with Crippen molar-refractivity contribution in [2.45, 2.75) is 0 Å². The Morgan fingerprint density at radius 3 is 1.62 bits per heavy atom. The largest absolute Gasteiger partial charge is 0.452 e. The Bertz CT molecular complexity index is 3800. The van der Waals surface area contributed by atoms with Crippen molar-refractivity contribution in [3.8, 4) is 34.0 Å². The van der Waals surface area contributed by atoms with Gasteiger partial charge in [0.25, 0.3) is 0 Å². The van der Waals surface area contributed by atoms with E-state index < -0.39 is 0 Å². The number of fused-ring (bicyclic) bond motifs is 13. The molecule has 6 nitrogen and oxygen atoms in total. The Balaban J connectivity index is 1.04. The lowest BCUT2D eigenvalue weighted by molar-refractivity contribution is 0.632. The van der Waals surface area contributed by atoms with Gasteiger partial charge in [-0.3, -0.25) is 4.57 Å². The van der Waals surface area contributed by atoms with Crippen molar-refractivity contribution in [1.29, 1.82) is 0 Å². The molecule has 0 aliphatic heterocycles. The summed E-state index contributed by atoms with van der Waals surface area (Å²) in [5.74, 6) is 0.577. The third-order valence-corrected chi connectivity index (χ3v) is 11.8. The third-order valence-electron chi connectivity index (χ3n) is 11.8. The van der Waals surface area contributed by atoms with Gasteiger partial charge in [-0.25, -0.2) is 9.97 Å². The van der Waals surface area contributed by atoms with Crippen molar-refractivity contribution >= 4 is 87.6 Å². The fraction of sp³-hybridized carbons (Fsp3) is 0. The van der Waals surface area contributed by atoms with Gasteiger partial charge in [0.1, 0.15) is 16.8 Å². The molecule has 270 valence electrons. The Hall–Kier alpha value is -7.96. The summed E-state index contributed by atoms with van der Waals surface area (Å²) >= 11 is 0. The molecule has 13 rings (SSSR count). The zero-order valence-corrected chi connectivity index (χ0v) is 30.9. The summed E-state index contributed by atoms with van der Waals surface area (Å²) in [6.07, 6.45) is 0. The third kappa shape index (κ3) is 4.37. The van der Waals surface area contributed by atoms with E-state index in [2.05, 4.69) is 155 Å². The highest BCUT2D eigenvalue weighted by molar-refractivity contribution is 6.19. The highest BCUT2D eigenvalue weighted by Gasteiger charge is 2.24. The number of para-hydroxylation sites is 4. The number of rotatable bonds is 4. The molecule has 0 aliphatic carbocycles. The van der Waals surface area contributed by atoms with Crippen molar-refractivity contribution in [3.63, 3.8) is 0 Å². The van der Waals surface area contributed by atoms with Crippen molar-refractivity contribution in [2.24, 2.45) is 0 Å². The van der Waals surface area contributed by atoms with Crippen LogP contribution in [0.1, 0.15) is 0 Å². The van der Waals surface area contributed by atoms with Gasteiger partial charge in [0.05, 0.1) is 27.5 Å². The van der Waals surface area contributed by atoms with Crippen LogP contribution in [-0.2, 0) is 0 Å². The van der Waals surface area contributed by atoms with E-state index in [0.717, 1.165) is 77.1 Å². The number of aromatic nitrogens is 4. The molecule has 0 fully saturated rings. The summed E-state index contributed by atoms with van der Waals surface area (Å²) < 4.78 is 17.7. The molecule has 0 saturated carbocycles. The summed E-state index contributed by atoms with van der Waals surface area (Å²) in [7, 11) is 0.